The molecule has 0 fully saturated rings. The Bertz CT molecular complexity index is 619. The van der Waals surface area contributed by atoms with Gasteiger partial charge in [0, 0.05) is 26.2 Å². The summed E-state index contributed by atoms with van der Waals surface area (Å²) in [5.41, 5.74) is -1.31. The molecule has 0 unspecified atom stereocenters. The van der Waals surface area contributed by atoms with Gasteiger partial charge in [0.2, 0.25) is 5.91 Å². The van der Waals surface area contributed by atoms with Crippen LogP contribution >= 0.6 is 15.9 Å². The summed E-state index contributed by atoms with van der Waals surface area (Å²) < 4.78 is 1.85. The van der Waals surface area contributed by atoms with Crippen molar-refractivity contribution in [2.45, 2.75) is 20.0 Å². The SMILES string of the molecule is CC(=O)NCCn1c(=O)c(Br)cn(CC(=O)O)c1=O. The maximum absolute atomic E-state index is 11.9. The number of halogens is 1. The number of hydrogen-bond acceptors (Lipinski definition) is 4. The second kappa shape index (κ2) is 6.32. The van der Waals surface area contributed by atoms with Gasteiger partial charge in [-0.05, 0) is 15.9 Å². The molecule has 1 rings (SSSR count). The van der Waals surface area contributed by atoms with E-state index in [0.29, 0.717) is 0 Å². The van der Waals surface area contributed by atoms with Crippen molar-refractivity contribution in [2.75, 3.05) is 6.54 Å². The van der Waals surface area contributed by atoms with Crippen LogP contribution in [0.3, 0.4) is 0 Å². The molecule has 0 aliphatic carbocycles. The third-order valence-electron chi connectivity index (χ3n) is 2.21. The molecule has 0 saturated heterocycles. The molecule has 19 heavy (non-hydrogen) atoms. The summed E-state index contributed by atoms with van der Waals surface area (Å²) in [7, 11) is 0. The number of nitrogens with one attached hydrogen (secondary N) is 1. The zero-order chi connectivity index (χ0) is 14.6. The van der Waals surface area contributed by atoms with E-state index in [1.54, 1.807) is 0 Å². The fourth-order valence-corrected chi connectivity index (χ4v) is 1.88. The van der Waals surface area contributed by atoms with Gasteiger partial charge in [0.05, 0.1) is 4.47 Å². The zero-order valence-electron chi connectivity index (χ0n) is 10.1. The standard InChI is InChI=1S/C10H12BrN3O5/c1-6(15)12-2-3-14-9(18)7(11)4-13(10(14)19)5-8(16)17/h4H,2-3,5H2,1H3,(H,12,15)(H,16,17). The predicted molar refractivity (Wildman–Crippen MR) is 69.0 cm³/mol. The van der Waals surface area contributed by atoms with E-state index in [4.69, 9.17) is 5.11 Å². The fourth-order valence-electron chi connectivity index (χ4n) is 1.42. The van der Waals surface area contributed by atoms with E-state index >= 15 is 0 Å². The molecule has 0 spiro atoms. The first-order valence-electron chi connectivity index (χ1n) is 5.29. The highest BCUT2D eigenvalue weighted by Gasteiger charge is 2.11. The smallest absolute Gasteiger partial charge is 0.331 e. The number of carbonyl (C=O) groups is 2. The minimum atomic E-state index is -1.19. The second-order valence-corrected chi connectivity index (χ2v) is 4.58. The molecule has 0 bridgehead atoms. The van der Waals surface area contributed by atoms with Gasteiger partial charge in [-0.25, -0.2) is 4.79 Å². The highest BCUT2D eigenvalue weighted by atomic mass is 79.9. The number of nitrogens with zero attached hydrogens (tertiary/aromatic N) is 2. The van der Waals surface area contributed by atoms with Crippen molar-refractivity contribution in [1.82, 2.24) is 14.5 Å². The summed E-state index contributed by atoms with van der Waals surface area (Å²) >= 11 is 2.97. The Morgan fingerprint density at radius 3 is 2.58 bits per heavy atom. The van der Waals surface area contributed by atoms with E-state index in [2.05, 4.69) is 21.2 Å². The van der Waals surface area contributed by atoms with Gasteiger partial charge in [-0.15, -0.1) is 0 Å². The van der Waals surface area contributed by atoms with Crippen LogP contribution in [0.1, 0.15) is 6.92 Å². The van der Waals surface area contributed by atoms with E-state index in [1.807, 2.05) is 0 Å². The molecule has 0 radical (unpaired) electrons. The molecular weight excluding hydrogens is 322 g/mol. The molecule has 104 valence electrons. The van der Waals surface area contributed by atoms with E-state index in [-0.39, 0.29) is 23.5 Å². The normalized spacial score (nSPS) is 10.2. The molecule has 2 N–H and O–H groups in total. The first-order valence-corrected chi connectivity index (χ1v) is 6.08. The van der Waals surface area contributed by atoms with E-state index in [9.17, 15) is 19.2 Å². The van der Waals surface area contributed by atoms with Crippen molar-refractivity contribution in [3.63, 3.8) is 0 Å². The molecule has 9 heteroatoms. The molecule has 0 saturated carbocycles. The molecule has 1 amide bonds. The van der Waals surface area contributed by atoms with Crippen LogP contribution < -0.4 is 16.6 Å². The van der Waals surface area contributed by atoms with Gasteiger partial charge in [0.15, 0.2) is 0 Å². The quantitative estimate of drug-likeness (QED) is 0.717. The summed E-state index contributed by atoms with van der Waals surface area (Å²) in [6.07, 6.45) is 1.13. The maximum Gasteiger partial charge on any atom is 0.331 e. The summed E-state index contributed by atoms with van der Waals surface area (Å²) in [6.45, 7) is 0.842. The molecule has 0 atom stereocenters. The van der Waals surface area contributed by atoms with E-state index in [0.717, 1.165) is 15.3 Å². The largest absolute Gasteiger partial charge is 0.480 e. The Morgan fingerprint density at radius 2 is 2.05 bits per heavy atom. The van der Waals surface area contributed by atoms with Gasteiger partial charge in [0.1, 0.15) is 6.54 Å². The first-order chi connectivity index (χ1) is 8.82. The van der Waals surface area contributed by atoms with Gasteiger partial charge < -0.3 is 10.4 Å². The van der Waals surface area contributed by atoms with Crippen LogP contribution in [0.5, 0.6) is 0 Å². The fraction of sp³-hybridized carbons (Fsp3) is 0.400. The van der Waals surface area contributed by atoms with Crippen LogP contribution in [0.25, 0.3) is 0 Å². The number of aromatic nitrogens is 2. The van der Waals surface area contributed by atoms with Crippen LogP contribution in [-0.4, -0.2) is 32.7 Å². The average Bonchev–Trinajstić information content (AvgIpc) is 2.29. The van der Waals surface area contributed by atoms with Crippen LogP contribution in [0.4, 0.5) is 0 Å². The predicted octanol–water partition coefficient (Wildman–Crippen LogP) is -1.01. The monoisotopic (exact) mass is 333 g/mol. The lowest BCUT2D eigenvalue weighted by atomic mass is 10.5. The van der Waals surface area contributed by atoms with Crippen LogP contribution in [0.2, 0.25) is 0 Å². The van der Waals surface area contributed by atoms with Crippen molar-refractivity contribution >= 4 is 27.8 Å². The second-order valence-electron chi connectivity index (χ2n) is 3.72. The molecule has 1 aromatic heterocycles. The molecular formula is C10H12BrN3O5. The van der Waals surface area contributed by atoms with Crippen molar-refractivity contribution in [2.24, 2.45) is 0 Å². The van der Waals surface area contributed by atoms with Crippen molar-refractivity contribution in [3.05, 3.63) is 31.5 Å². The highest BCUT2D eigenvalue weighted by Crippen LogP contribution is 1.99. The molecule has 0 aliphatic rings. The summed E-state index contributed by atoms with van der Waals surface area (Å²) in [5.74, 6) is -1.48. The third kappa shape index (κ3) is 4.05. The van der Waals surface area contributed by atoms with Gasteiger partial charge in [-0.2, -0.15) is 0 Å². The van der Waals surface area contributed by atoms with Gasteiger partial charge in [0.25, 0.3) is 5.56 Å². The number of carboxylic acids is 1. The summed E-state index contributed by atoms with van der Waals surface area (Å²) in [6, 6.07) is 0. The molecule has 1 heterocycles. The molecule has 8 nitrogen and oxygen atoms in total. The number of aliphatic carboxylic acids is 1. The summed E-state index contributed by atoms with van der Waals surface area (Å²) in [5, 5.41) is 11.1. The Morgan fingerprint density at radius 1 is 1.42 bits per heavy atom. The minimum Gasteiger partial charge on any atom is -0.480 e. The lowest BCUT2D eigenvalue weighted by Crippen LogP contribution is -2.43. The Kier molecular flexibility index (Phi) is 5.04. The molecule has 1 aromatic rings. The number of rotatable bonds is 5. The van der Waals surface area contributed by atoms with Crippen LogP contribution in [0, 0.1) is 0 Å². The van der Waals surface area contributed by atoms with Crippen molar-refractivity contribution in [3.8, 4) is 0 Å². The minimum absolute atomic E-state index is 0.0314. The zero-order valence-corrected chi connectivity index (χ0v) is 11.6. The van der Waals surface area contributed by atoms with Gasteiger partial charge >= 0.3 is 11.7 Å². The topological polar surface area (TPSA) is 110 Å². The number of carbonyl (C=O) groups excluding carboxylic acids is 1. The lowest BCUT2D eigenvalue weighted by Gasteiger charge is -2.09. The Hall–Kier alpha value is -1.90. The highest BCUT2D eigenvalue weighted by molar-refractivity contribution is 9.10. The van der Waals surface area contributed by atoms with Crippen LogP contribution in [0.15, 0.2) is 20.3 Å². The average molecular weight is 334 g/mol. The van der Waals surface area contributed by atoms with Crippen molar-refractivity contribution < 1.29 is 14.7 Å². The van der Waals surface area contributed by atoms with Gasteiger partial charge in [-0.3, -0.25) is 23.5 Å². The number of carboxylic acid groups (broad SMARTS) is 1. The Labute approximate surface area is 115 Å². The van der Waals surface area contributed by atoms with Crippen LogP contribution in [-0.2, 0) is 22.7 Å². The van der Waals surface area contributed by atoms with E-state index < -0.39 is 23.8 Å². The lowest BCUT2D eigenvalue weighted by molar-refractivity contribution is -0.137. The molecule has 0 aromatic carbocycles. The Balaban J connectivity index is 3.11. The number of hydrogen-bond donors (Lipinski definition) is 2. The molecule has 0 aliphatic heterocycles. The third-order valence-corrected chi connectivity index (χ3v) is 2.75. The van der Waals surface area contributed by atoms with E-state index in [1.165, 1.54) is 6.92 Å². The maximum atomic E-state index is 11.9. The number of amides is 1. The summed E-state index contributed by atoms with van der Waals surface area (Å²) in [4.78, 5) is 45.0. The first kappa shape index (κ1) is 15.2. The van der Waals surface area contributed by atoms with Crippen molar-refractivity contribution in [1.29, 1.82) is 0 Å². The van der Waals surface area contributed by atoms with Gasteiger partial charge in [-0.1, -0.05) is 0 Å².